The van der Waals surface area contributed by atoms with Crippen LogP contribution in [0.25, 0.3) is 11.4 Å². The summed E-state index contributed by atoms with van der Waals surface area (Å²) in [5.41, 5.74) is 2.53. The highest BCUT2D eigenvalue weighted by atomic mass is 16.2. The summed E-state index contributed by atoms with van der Waals surface area (Å²) in [6, 6.07) is 18.2. The van der Waals surface area contributed by atoms with Crippen molar-refractivity contribution in [3.63, 3.8) is 0 Å². The van der Waals surface area contributed by atoms with Crippen molar-refractivity contribution < 1.29 is 4.79 Å². The molecule has 0 unspecified atom stereocenters. The molecule has 2 N–H and O–H groups in total. The normalized spacial score (nSPS) is 11.7. The first kappa shape index (κ1) is 18.4. The third-order valence-corrected chi connectivity index (χ3v) is 4.28. The quantitative estimate of drug-likeness (QED) is 0.731. The first-order chi connectivity index (χ1) is 12.9. The van der Waals surface area contributed by atoms with Gasteiger partial charge in [-0.15, -0.1) is 0 Å². The molecule has 2 aromatic carbocycles. The van der Waals surface area contributed by atoms with Crippen LogP contribution in [-0.4, -0.2) is 30.0 Å². The molecule has 1 heterocycles. The van der Waals surface area contributed by atoms with Gasteiger partial charge >= 0.3 is 0 Å². The summed E-state index contributed by atoms with van der Waals surface area (Å²) in [6.07, 6.45) is 0. The van der Waals surface area contributed by atoms with E-state index >= 15 is 0 Å². The van der Waals surface area contributed by atoms with E-state index in [2.05, 4.69) is 15.3 Å². The van der Waals surface area contributed by atoms with E-state index in [9.17, 15) is 9.59 Å². The van der Waals surface area contributed by atoms with Crippen LogP contribution in [0, 0.1) is 0 Å². The fourth-order valence-corrected chi connectivity index (χ4v) is 2.72. The average molecular weight is 362 g/mol. The predicted octanol–water partition coefficient (Wildman–Crippen LogP) is 2.99. The number of amides is 1. The molecule has 1 atom stereocenters. The summed E-state index contributed by atoms with van der Waals surface area (Å²) in [5, 5.41) is 2.90. The molecule has 0 radical (unpaired) electrons. The van der Waals surface area contributed by atoms with Gasteiger partial charge in [0, 0.05) is 31.4 Å². The molecular weight excluding hydrogens is 340 g/mol. The molecule has 0 aliphatic rings. The Morgan fingerprint density at radius 3 is 2.37 bits per heavy atom. The summed E-state index contributed by atoms with van der Waals surface area (Å²) >= 11 is 0. The Bertz CT molecular complexity index is 979. The van der Waals surface area contributed by atoms with Crippen molar-refractivity contribution >= 4 is 11.6 Å². The van der Waals surface area contributed by atoms with Crippen LogP contribution in [-0.2, 0) is 0 Å². The smallest absolute Gasteiger partial charge is 0.270 e. The van der Waals surface area contributed by atoms with Crippen LogP contribution in [0.5, 0.6) is 0 Å². The van der Waals surface area contributed by atoms with Crippen LogP contribution in [0.4, 0.5) is 5.69 Å². The van der Waals surface area contributed by atoms with Gasteiger partial charge in [-0.1, -0.05) is 42.5 Å². The van der Waals surface area contributed by atoms with Gasteiger partial charge in [0.15, 0.2) is 0 Å². The zero-order valence-electron chi connectivity index (χ0n) is 15.6. The molecule has 1 aromatic heterocycles. The van der Waals surface area contributed by atoms with Gasteiger partial charge in [-0.2, -0.15) is 0 Å². The fourth-order valence-electron chi connectivity index (χ4n) is 2.72. The maximum Gasteiger partial charge on any atom is 0.270 e. The fraction of sp³-hybridized carbons (Fsp3) is 0.190. The molecule has 0 saturated carbocycles. The third kappa shape index (κ3) is 4.41. The predicted molar refractivity (Wildman–Crippen MR) is 107 cm³/mol. The number of hydrogen-bond donors (Lipinski definition) is 2. The Kier molecular flexibility index (Phi) is 5.35. The highest BCUT2D eigenvalue weighted by molar-refractivity contribution is 5.92. The number of carbonyl (C=O) groups is 1. The number of H-pyrrole nitrogens is 1. The molecule has 6 nitrogen and oxygen atoms in total. The summed E-state index contributed by atoms with van der Waals surface area (Å²) in [6.45, 7) is 1.90. The van der Waals surface area contributed by atoms with E-state index in [1.54, 1.807) is 0 Å². The Hall–Kier alpha value is -3.41. The minimum absolute atomic E-state index is 0.0920. The number of anilines is 1. The molecule has 3 rings (SSSR count). The SMILES string of the molecule is C[C@@H](NC(=O)c1cc(=O)[nH]c(-c2ccccc2)n1)c1ccc(N(C)C)cc1. The van der Waals surface area contributed by atoms with Crippen LogP contribution in [0.15, 0.2) is 65.5 Å². The second-order valence-electron chi connectivity index (χ2n) is 6.53. The van der Waals surface area contributed by atoms with Crippen molar-refractivity contribution in [2.75, 3.05) is 19.0 Å². The van der Waals surface area contributed by atoms with Gasteiger partial charge < -0.3 is 15.2 Å². The second kappa shape index (κ2) is 7.86. The molecule has 6 heteroatoms. The number of hydrogen-bond acceptors (Lipinski definition) is 4. The lowest BCUT2D eigenvalue weighted by Crippen LogP contribution is -2.29. The molecule has 1 amide bonds. The van der Waals surface area contributed by atoms with Crippen LogP contribution >= 0.6 is 0 Å². The summed E-state index contributed by atoms with van der Waals surface area (Å²) in [4.78, 5) is 33.6. The van der Waals surface area contributed by atoms with Gasteiger partial charge in [0.25, 0.3) is 11.5 Å². The van der Waals surface area contributed by atoms with Crippen molar-refractivity contribution in [2.24, 2.45) is 0 Å². The van der Waals surface area contributed by atoms with Crippen LogP contribution in [0.3, 0.4) is 0 Å². The van der Waals surface area contributed by atoms with Crippen molar-refractivity contribution in [1.82, 2.24) is 15.3 Å². The van der Waals surface area contributed by atoms with E-state index < -0.39 is 0 Å². The Balaban J connectivity index is 1.79. The van der Waals surface area contributed by atoms with E-state index in [4.69, 9.17) is 0 Å². The standard InChI is InChI=1S/C21H22N4O2/c1-14(15-9-11-17(12-10-15)25(2)3)22-21(27)18-13-19(26)24-20(23-18)16-7-5-4-6-8-16/h4-14H,1-3H3,(H,22,27)(H,23,24,26)/t14-/m1/s1. The van der Waals surface area contributed by atoms with Crippen LogP contribution in [0.2, 0.25) is 0 Å². The van der Waals surface area contributed by atoms with Gasteiger partial charge in [-0.25, -0.2) is 4.98 Å². The van der Waals surface area contributed by atoms with E-state index in [-0.39, 0.29) is 23.2 Å². The number of rotatable bonds is 5. The zero-order chi connectivity index (χ0) is 19.4. The minimum Gasteiger partial charge on any atom is -0.378 e. The lowest BCUT2D eigenvalue weighted by Gasteiger charge is -2.17. The zero-order valence-corrected chi connectivity index (χ0v) is 15.6. The van der Waals surface area contributed by atoms with Crippen molar-refractivity contribution in [1.29, 1.82) is 0 Å². The highest BCUT2D eigenvalue weighted by Crippen LogP contribution is 2.18. The topological polar surface area (TPSA) is 78.1 Å². The number of aromatic amines is 1. The molecule has 0 bridgehead atoms. The molecular formula is C21H22N4O2. The van der Waals surface area contributed by atoms with Gasteiger partial charge in [0.1, 0.15) is 11.5 Å². The lowest BCUT2D eigenvalue weighted by molar-refractivity contribution is 0.0934. The summed E-state index contributed by atoms with van der Waals surface area (Å²) in [7, 11) is 3.95. The van der Waals surface area contributed by atoms with Crippen molar-refractivity contribution in [2.45, 2.75) is 13.0 Å². The van der Waals surface area contributed by atoms with Crippen LogP contribution in [0.1, 0.15) is 29.0 Å². The molecule has 138 valence electrons. The molecule has 27 heavy (non-hydrogen) atoms. The molecule has 0 fully saturated rings. The van der Waals surface area contributed by atoms with Crippen molar-refractivity contribution in [3.05, 3.63) is 82.3 Å². The van der Waals surface area contributed by atoms with E-state index in [1.807, 2.05) is 80.5 Å². The summed E-state index contributed by atoms with van der Waals surface area (Å²) < 4.78 is 0. The van der Waals surface area contributed by atoms with E-state index in [0.717, 1.165) is 16.8 Å². The van der Waals surface area contributed by atoms with Crippen LogP contribution < -0.4 is 15.8 Å². The monoisotopic (exact) mass is 362 g/mol. The number of nitrogens with zero attached hydrogens (tertiary/aromatic N) is 2. The first-order valence-corrected chi connectivity index (χ1v) is 8.69. The highest BCUT2D eigenvalue weighted by Gasteiger charge is 2.15. The van der Waals surface area contributed by atoms with Gasteiger partial charge in [-0.05, 0) is 24.6 Å². The molecule has 0 aliphatic carbocycles. The number of aromatic nitrogens is 2. The maximum atomic E-state index is 12.6. The molecule has 0 spiro atoms. The van der Waals surface area contributed by atoms with Gasteiger partial charge in [0.05, 0.1) is 6.04 Å². The van der Waals surface area contributed by atoms with Crippen molar-refractivity contribution in [3.8, 4) is 11.4 Å². The molecule has 0 aliphatic heterocycles. The van der Waals surface area contributed by atoms with E-state index in [1.165, 1.54) is 6.07 Å². The Morgan fingerprint density at radius 2 is 1.74 bits per heavy atom. The van der Waals surface area contributed by atoms with Gasteiger partial charge in [0.2, 0.25) is 0 Å². The number of benzene rings is 2. The number of carbonyl (C=O) groups excluding carboxylic acids is 1. The maximum absolute atomic E-state index is 12.6. The summed E-state index contributed by atoms with van der Waals surface area (Å²) in [5.74, 6) is -0.0151. The first-order valence-electron chi connectivity index (χ1n) is 8.69. The Labute approximate surface area is 157 Å². The van der Waals surface area contributed by atoms with E-state index in [0.29, 0.717) is 5.82 Å². The lowest BCUT2D eigenvalue weighted by atomic mass is 10.1. The second-order valence-corrected chi connectivity index (χ2v) is 6.53. The van der Waals surface area contributed by atoms with Gasteiger partial charge in [-0.3, -0.25) is 9.59 Å². The average Bonchev–Trinajstić information content (AvgIpc) is 2.68. The third-order valence-electron chi connectivity index (χ3n) is 4.28. The largest absolute Gasteiger partial charge is 0.378 e. The Morgan fingerprint density at radius 1 is 1.07 bits per heavy atom. The minimum atomic E-state index is -0.387. The molecule has 3 aromatic rings. The molecule has 0 saturated heterocycles. The number of nitrogens with one attached hydrogen (secondary N) is 2.